The predicted octanol–water partition coefficient (Wildman–Crippen LogP) is 3.30. The van der Waals surface area contributed by atoms with E-state index in [1.54, 1.807) is 0 Å². The van der Waals surface area contributed by atoms with Gasteiger partial charge in [0, 0.05) is 13.1 Å². The van der Waals surface area contributed by atoms with Gasteiger partial charge in [-0.1, -0.05) is 37.3 Å². The SMILES string of the molecule is C[C@@H]1C[C@@H]2CN(C(=O)OCc3ccccc3)C[C@@H]2C1. The largest absolute Gasteiger partial charge is 0.445 e. The number of nitrogens with zero attached hydrogens (tertiary/aromatic N) is 1. The van der Waals surface area contributed by atoms with Crippen LogP contribution in [0.5, 0.6) is 0 Å². The maximum atomic E-state index is 12.0. The molecule has 1 aliphatic heterocycles. The van der Waals surface area contributed by atoms with Crippen LogP contribution in [0, 0.1) is 17.8 Å². The van der Waals surface area contributed by atoms with Gasteiger partial charge in [-0.3, -0.25) is 0 Å². The number of benzene rings is 1. The Morgan fingerprint density at radius 3 is 2.47 bits per heavy atom. The zero-order valence-electron chi connectivity index (χ0n) is 11.4. The van der Waals surface area contributed by atoms with E-state index in [2.05, 4.69) is 6.92 Å². The second-order valence-corrected chi connectivity index (χ2v) is 6.04. The minimum atomic E-state index is -0.147. The van der Waals surface area contributed by atoms with Gasteiger partial charge in [-0.25, -0.2) is 4.79 Å². The number of ether oxygens (including phenoxy) is 1. The van der Waals surface area contributed by atoms with E-state index < -0.39 is 0 Å². The number of hydrogen-bond acceptors (Lipinski definition) is 2. The molecule has 1 heterocycles. The van der Waals surface area contributed by atoms with Crippen LogP contribution in [-0.2, 0) is 11.3 Å². The summed E-state index contributed by atoms with van der Waals surface area (Å²) in [5.41, 5.74) is 1.05. The Morgan fingerprint density at radius 1 is 1.21 bits per heavy atom. The third kappa shape index (κ3) is 2.75. The summed E-state index contributed by atoms with van der Waals surface area (Å²) in [6.45, 7) is 4.48. The van der Waals surface area contributed by atoms with E-state index in [1.165, 1.54) is 12.8 Å². The average Bonchev–Trinajstić information content (AvgIpc) is 2.94. The molecule has 0 unspecified atom stereocenters. The Balaban J connectivity index is 1.50. The van der Waals surface area contributed by atoms with Crippen molar-refractivity contribution < 1.29 is 9.53 Å². The van der Waals surface area contributed by atoms with E-state index in [9.17, 15) is 4.79 Å². The first-order valence-corrected chi connectivity index (χ1v) is 7.18. The van der Waals surface area contributed by atoms with E-state index in [4.69, 9.17) is 4.74 Å². The zero-order valence-corrected chi connectivity index (χ0v) is 11.4. The number of likely N-dealkylation sites (tertiary alicyclic amines) is 1. The highest BCUT2D eigenvalue weighted by Crippen LogP contribution is 2.41. The summed E-state index contributed by atoms with van der Waals surface area (Å²) in [6, 6.07) is 9.85. The van der Waals surface area contributed by atoms with Gasteiger partial charge < -0.3 is 9.64 Å². The number of carbonyl (C=O) groups excluding carboxylic acids is 1. The molecule has 0 aromatic heterocycles. The molecule has 0 N–H and O–H groups in total. The van der Waals surface area contributed by atoms with E-state index in [0.717, 1.165) is 24.6 Å². The third-order valence-corrected chi connectivity index (χ3v) is 4.45. The molecule has 2 aliphatic rings. The van der Waals surface area contributed by atoms with E-state index in [-0.39, 0.29) is 6.09 Å². The molecule has 3 heteroatoms. The van der Waals surface area contributed by atoms with Crippen LogP contribution in [0.4, 0.5) is 4.79 Å². The van der Waals surface area contributed by atoms with E-state index in [1.807, 2.05) is 35.2 Å². The molecule has 1 amide bonds. The Kier molecular flexibility index (Phi) is 3.45. The topological polar surface area (TPSA) is 29.5 Å². The lowest BCUT2D eigenvalue weighted by Gasteiger charge is -2.18. The summed E-state index contributed by atoms with van der Waals surface area (Å²) >= 11 is 0. The number of rotatable bonds is 2. The number of amides is 1. The van der Waals surface area contributed by atoms with Crippen LogP contribution in [0.1, 0.15) is 25.3 Å². The monoisotopic (exact) mass is 259 g/mol. The molecular weight excluding hydrogens is 238 g/mol. The fraction of sp³-hybridized carbons (Fsp3) is 0.562. The van der Waals surface area contributed by atoms with Gasteiger partial charge in [-0.05, 0) is 36.2 Å². The van der Waals surface area contributed by atoms with Gasteiger partial charge in [0.2, 0.25) is 0 Å². The summed E-state index contributed by atoms with van der Waals surface area (Å²) < 4.78 is 5.39. The molecule has 2 fully saturated rings. The van der Waals surface area contributed by atoms with Crippen LogP contribution < -0.4 is 0 Å². The van der Waals surface area contributed by atoms with Gasteiger partial charge in [0.05, 0.1) is 0 Å². The van der Waals surface area contributed by atoms with Crippen LogP contribution in [0.25, 0.3) is 0 Å². The highest BCUT2D eigenvalue weighted by Gasteiger charge is 2.41. The first-order chi connectivity index (χ1) is 9.22. The van der Waals surface area contributed by atoms with Crippen molar-refractivity contribution in [3.63, 3.8) is 0 Å². The summed E-state index contributed by atoms with van der Waals surface area (Å²) in [4.78, 5) is 13.9. The maximum Gasteiger partial charge on any atom is 0.410 e. The number of fused-ring (bicyclic) bond motifs is 1. The van der Waals surface area contributed by atoms with Gasteiger partial charge in [0.15, 0.2) is 0 Å². The maximum absolute atomic E-state index is 12.0. The Labute approximate surface area is 114 Å². The fourth-order valence-corrected chi connectivity index (χ4v) is 3.56. The highest BCUT2D eigenvalue weighted by atomic mass is 16.6. The molecule has 0 spiro atoms. The molecular formula is C16H21NO2. The number of hydrogen-bond donors (Lipinski definition) is 0. The quantitative estimate of drug-likeness (QED) is 0.815. The first kappa shape index (κ1) is 12.5. The smallest absolute Gasteiger partial charge is 0.410 e. The lowest BCUT2D eigenvalue weighted by atomic mass is 10.0. The molecule has 1 aromatic carbocycles. The third-order valence-electron chi connectivity index (χ3n) is 4.45. The van der Waals surface area contributed by atoms with E-state index in [0.29, 0.717) is 18.4 Å². The van der Waals surface area contributed by atoms with Crippen molar-refractivity contribution in [2.45, 2.75) is 26.4 Å². The van der Waals surface area contributed by atoms with Crippen molar-refractivity contribution in [1.82, 2.24) is 4.90 Å². The molecule has 1 saturated carbocycles. The average molecular weight is 259 g/mol. The van der Waals surface area contributed by atoms with E-state index >= 15 is 0 Å². The molecule has 0 radical (unpaired) electrons. The van der Waals surface area contributed by atoms with Gasteiger partial charge in [-0.2, -0.15) is 0 Å². The van der Waals surface area contributed by atoms with Gasteiger partial charge in [0.1, 0.15) is 6.61 Å². The molecule has 19 heavy (non-hydrogen) atoms. The molecule has 3 rings (SSSR count). The van der Waals surface area contributed by atoms with Gasteiger partial charge in [-0.15, -0.1) is 0 Å². The van der Waals surface area contributed by atoms with Crippen LogP contribution in [0.3, 0.4) is 0 Å². The van der Waals surface area contributed by atoms with Gasteiger partial charge in [0.25, 0.3) is 0 Å². The lowest BCUT2D eigenvalue weighted by molar-refractivity contribution is 0.101. The van der Waals surface area contributed by atoms with Crippen LogP contribution in [-0.4, -0.2) is 24.1 Å². The lowest BCUT2D eigenvalue weighted by Crippen LogP contribution is -2.30. The van der Waals surface area contributed by atoms with Crippen LogP contribution in [0.15, 0.2) is 30.3 Å². The molecule has 1 aromatic rings. The second kappa shape index (κ2) is 5.24. The van der Waals surface area contributed by atoms with Crippen molar-refractivity contribution in [2.24, 2.45) is 17.8 Å². The summed E-state index contributed by atoms with van der Waals surface area (Å²) in [5.74, 6) is 2.25. The first-order valence-electron chi connectivity index (χ1n) is 7.18. The van der Waals surface area contributed by atoms with Crippen molar-refractivity contribution >= 4 is 6.09 Å². The Bertz CT molecular complexity index is 431. The fourth-order valence-electron chi connectivity index (χ4n) is 3.56. The van der Waals surface area contributed by atoms with Crippen molar-refractivity contribution in [3.8, 4) is 0 Å². The number of carbonyl (C=O) groups is 1. The Hall–Kier alpha value is -1.51. The van der Waals surface area contributed by atoms with Crippen LogP contribution in [0.2, 0.25) is 0 Å². The zero-order chi connectivity index (χ0) is 13.2. The highest BCUT2D eigenvalue weighted by molar-refractivity contribution is 5.68. The van der Waals surface area contributed by atoms with Crippen LogP contribution >= 0.6 is 0 Å². The molecule has 0 bridgehead atoms. The second-order valence-electron chi connectivity index (χ2n) is 6.04. The van der Waals surface area contributed by atoms with Crippen molar-refractivity contribution in [1.29, 1.82) is 0 Å². The summed E-state index contributed by atoms with van der Waals surface area (Å²) in [5, 5.41) is 0. The minimum Gasteiger partial charge on any atom is -0.445 e. The summed E-state index contributed by atoms with van der Waals surface area (Å²) in [7, 11) is 0. The molecule has 102 valence electrons. The molecule has 3 nitrogen and oxygen atoms in total. The van der Waals surface area contributed by atoms with Gasteiger partial charge >= 0.3 is 6.09 Å². The van der Waals surface area contributed by atoms with Crippen molar-refractivity contribution in [2.75, 3.05) is 13.1 Å². The normalized spacial score (nSPS) is 29.3. The molecule has 1 aliphatic carbocycles. The molecule has 1 saturated heterocycles. The summed E-state index contributed by atoms with van der Waals surface area (Å²) in [6.07, 6.45) is 2.39. The predicted molar refractivity (Wildman–Crippen MR) is 73.6 cm³/mol. The van der Waals surface area contributed by atoms with Crippen molar-refractivity contribution in [3.05, 3.63) is 35.9 Å². The standard InChI is InChI=1S/C16H21NO2/c1-12-7-14-9-17(10-15(14)8-12)16(18)19-11-13-5-3-2-4-6-13/h2-6,12,14-15H,7-11H2,1H3/t12-,14-,15+. The Morgan fingerprint density at radius 2 is 1.84 bits per heavy atom. The molecule has 3 atom stereocenters. The minimum absolute atomic E-state index is 0.147.